The first kappa shape index (κ1) is 31.9. The predicted octanol–water partition coefficient (Wildman–Crippen LogP) is 13.4. The van der Waals surface area contributed by atoms with Crippen LogP contribution in [0.15, 0.2) is 164 Å². The van der Waals surface area contributed by atoms with E-state index in [1.54, 1.807) is 0 Å². The molecule has 2 heterocycles. The molecule has 3 heteroatoms. The van der Waals surface area contributed by atoms with Crippen molar-refractivity contribution >= 4 is 48.9 Å². The van der Waals surface area contributed by atoms with Crippen LogP contribution in [-0.2, 0) is 0 Å². The summed E-state index contributed by atoms with van der Waals surface area (Å²) in [7, 11) is 0. The normalized spacial score (nSPS) is 18.5. The second-order valence-electron chi connectivity index (χ2n) is 17.5. The van der Waals surface area contributed by atoms with Gasteiger partial charge in [0.25, 0.3) is 0 Å². The number of nitriles is 2. The van der Waals surface area contributed by atoms with Crippen LogP contribution in [0.4, 0.5) is 0 Å². The fourth-order valence-corrected chi connectivity index (χ4v) is 13.0. The molecular formula is C58H31N3. The van der Waals surface area contributed by atoms with Crippen LogP contribution in [0.1, 0.15) is 102 Å². The van der Waals surface area contributed by atoms with Crippen molar-refractivity contribution in [2.45, 2.75) is 23.7 Å². The lowest BCUT2D eigenvalue weighted by molar-refractivity contribution is 0.758. The number of aromatic nitrogens is 1. The molecule has 0 radical (unpaired) electrons. The zero-order chi connectivity index (χ0) is 39.8. The van der Waals surface area contributed by atoms with Crippen LogP contribution in [-0.4, -0.2) is 4.40 Å². The number of nitrogens with zero attached hydrogens (tertiary/aromatic N) is 3. The predicted molar refractivity (Wildman–Crippen MR) is 243 cm³/mol. The SMILES string of the molecule is N#Cc1cc2c(c3c1C1c4ccccc4C3c3ccccc31)c1cc3cc(-c4ccccc4)ccc3c3c4c5c(c(C#N)cc4n2c13)C1c2ccccc2C5c2ccccc21. The lowest BCUT2D eigenvalue weighted by atomic mass is 9.59. The average Bonchev–Trinajstić information content (AvgIpc) is 3.85. The zero-order valence-corrected chi connectivity index (χ0v) is 32.7. The van der Waals surface area contributed by atoms with Crippen molar-refractivity contribution in [1.82, 2.24) is 4.40 Å². The monoisotopic (exact) mass is 769 g/mol. The van der Waals surface area contributed by atoms with E-state index in [-0.39, 0.29) is 23.7 Å². The number of fused-ring (bicyclic) bond motifs is 8. The summed E-state index contributed by atoms with van der Waals surface area (Å²) >= 11 is 0. The third kappa shape index (κ3) is 3.64. The lowest BCUT2D eigenvalue weighted by Gasteiger charge is -2.43. The highest BCUT2D eigenvalue weighted by Gasteiger charge is 2.47. The van der Waals surface area contributed by atoms with Crippen molar-refractivity contribution in [3.8, 4) is 23.3 Å². The highest BCUT2D eigenvalue weighted by atomic mass is 14.9. The number of hydrogen-bond donors (Lipinski definition) is 0. The fourth-order valence-electron chi connectivity index (χ4n) is 13.0. The van der Waals surface area contributed by atoms with Crippen LogP contribution >= 0.6 is 0 Å². The van der Waals surface area contributed by atoms with Crippen LogP contribution in [0.25, 0.3) is 60.0 Å². The first-order valence-electron chi connectivity index (χ1n) is 21.3. The molecule has 0 aliphatic heterocycles. The third-order valence-corrected chi connectivity index (χ3v) is 15.1. The van der Waals surface area contributed by atoms with Crippen LogP contribution in [0.3, 0.4) is 0 Å². The molecule has 0 fully saturated rings. The van der Waals surface area contributed by atoms with Crippen molar-refractivity contribution < 1.29 is 0 Å². The van der Waals surface area contributed by atoms with Gasteiger partial charge in [0.1, 0.15) is 0 Å². The molecule has 4 bridgehead atoms. The van der Waals surface area contributed by atoms with Gasteiger partial charge >= 0.3 is 0 Å². The fraction of sp³-hybridized carbons (Fsp3) is 0.0690. The smallest absolute Gasteiger partial charge is 0.0995 e. The summed E-state index contributed by atoms with van der Waals surface area (Å²) in [6.45, 7) is 0. The van der Waals surface area contributed by atoms with E-state index in [0.717, 1.165) is 33.3 Å². The molecule has 2 aromatic heterocycles. The maximum absolute atomic E-state index is 11.2. The van der Waals surface area contributed by atoms with Gasteiger partial charge in [-0.25, -0.2) is 0 Å². The van der Waals surface area contributed by atoms with E-state index in [2.05, 4.69) is 180 Å². The largest absolute Gasteiger partial charge is 0.308 e. The van der Waals surface area contributed by atoms with Crippen LogP contribution in [0.5, 0.6) is 0 Å². The van der Waals surface area contributed by atoms with Crippen LogP contribution in [0.2, 0.25) is 0 Å². The summed E-state index contributed by atoms with van der Waals surface area (Å²) in [4.78, 5) is 0. The van der Waals surface area contributed by atoms with E-state index < -0.39 is 0 Å². The van der Waals surface area contributed by atoms with Gasteiger partial charge in [0, 0.05) is 45.2 Å². The van der Waals surface area contributed by atoms with Gasteiger partial charge in [-0.1, -0.05) is 140 Å². The first-order chi connectivity index (χ1) is 30.2. The molecule has 9 aromatic carbocycles. The summed E-state index contributed by atoms with van der Waals surface area (Å²) in [5, 5.41) is 29.7. The van der Waals surface area contributed by atoms with Crippen LogP contribution in [0, 0.1) is 22.7 Å². The van der Waals surface area contributed by atoms with Crippen molar-refractivity contribution in [3.63, 3.8) is 0 Å². The average molecular weight is 770 g/mol. The topological polar surface area (TPSA) is 52.0 Å². The minimum atomic E-state index is -0.0351. The van der Waals surface area contributed by atoms with E-state index in [0.29, 0.717) is 0 Å². The van der Waals surface area contributed by atoms with Gasteiger partial charge in [0.2, 0.25) is 0 Å². The Bertz CT molecular complexity index is 3830. The molecule has 0 unspecified atom stereocenters. The molecule has 0 amide bonds. The summed E-state index contributed by atoms with van der Waals surface area (Å²) in [6, 6.07) is 65.5. The minimum Gasteiger partial charge on any atom is -0.308 e. The zero-order valence-electron chi connectivity index (χ0n) is 32.7. The van der Waals surface area contributed by atoms with Gasteiger partial charge in [-0.2, -0.15) is 10.5 Å². The van der Waals surface area contributed by atoms with Crippen LogP contribution < -0.4 is 0 Å². The Morgan fingerprint density at radius 3 is 1.26 bits per heavy atom. The van der Waals surface area contributed by atoms with Gasteiger partial charge in [-0.3, -0.25) is 0 Å². The Balaban J connectivity index is 1.17. The highest BCUT2D eigenvalue weighted by molar-refractivity contribution is 6.33. The number of hydrogen-bond acceptors (Lipinski definition) is 2. The Hall–Kier alpha value is -7.98. The Morgan fingerprint density at radius 2 is 0.787 bits per heavy atom. The van der Waals surface area contributed by atoms with Crippen molar-refractivity contribution in [2.75, 3.05) is 0 Å². The van der Waals surface area contributed by atoms with Crippen molar-refractivity contribution in [3.05, 3.63) is 242 Å². The molecule has 0 saturated carbocycles. The molecule has 0 atom stereocenters. The molecule has 6 aliphatic rings. The van der Waals surface area contributed by atoms with Gasteiger partial charge in [0.05, 0.1) is 39.8 Å². The maximum atomic E-state index is 11.2. The lowest BCUT2D eigenvalue weighted by Crippen LogP contribution is -2.28. The maximum Gasteiger partial charge on any atom is 0.0995 e. The van der Waals surface area contributed by atoms with Crippen molar-refractivity contribution in [1.29, 1.82) is 10.5 Å². The van der Waals surface area contributed by atoms with E-state index in [4.69, 9.17) is 0 Å². The van der Waals surface area contributed by atoms with E-state index in [9.17, 15) is 10.5 Å². The minimum absolute atomic E-state index is 0.0158. The van der Waals surface area contributed by atoms with Gasteiger partial charge < -0.3 is 4.40 Å². The quantitative estimate of drug-likeness (QED) is 0.167. The molecular weight excluding hydrogens is 739 g/mol. The molecule has 11 aromatic rings. The van der Waals surface area contributed by atoms with E-state index >= 15 is 0 Å². The molecule has 0 saturated heterocycles. The van der Waals surface area contributed by atoms with E-state index in [1.165, 1.54) is 105 Å². The standard InChI is InChI=1S/C58H31N3/c59-28-33-26-45-53(56-47(33)49-36-14-4-8-18-40(36)51(56)41-19-9-5-15-37(41)49)44-25-32-24-31(30-12-2-1-3-13-30)22-23-35(32)54-55-46(61(45)58(44)54)27-34(29-60)48-50-38-16-6-10-20-42(38)52(57(48)55)43-21-11-7-17-39(43)50/h1-27,49-52H. The molecule has 17 rings (SSSR count). The number of benzene rings is 9. The summed E-state index contributed by atoms with van der Waals surface area (Å²) in [6.07, 6.45) is 0. The Morgan fingerprint density at radius 1 is 0.361 bits per heavy atom. The highest BCUT2D eigenvalue weighted by Crippen LogP contribution is 2.62. The number of rotatable bonds is 1. The summed E-state index contributed by atoms with van der Waals surface area (Å²) < 4.78 is 2.45. The molecule has 3 nitrogen and oxygen atoms in total. The van der Waals surface area contributed by atoms with Gasteiger partial charge in [-0.15, -0.1) is 0 Å². The molecule has 0 N–H and O–H groups in total. The second kappa shape index (κ2) is 11.0. The molecule has 6 aliphatic carbocycles. The van der Waals surface area contributed by atoms with Crippen molar-refractivity contribution in [2.24, 2.45) is 0 Å². The second-order valence-corrected chi connectivity index (χ2v) is 17.5. The Labute approximate surface area is 350 Å². The molecule has 278 valence electrons. The van der Waals surface area contributed by atoms with E-state index in [1.807, 2.05) is 0 Å². The van der Waals surface area contributed by atoms with Gasteiger partial charge in [0.15, 0.2) is 0 Å². The summed E-state index contributed by atoms with van der Waals surface area (Å²) in [5.74, 6) is -0.104. The first-order valence-corrected chi connectivity index (χ1v) is 21.3. The molecule has 0 spiro atoms. The summed E-state index contributed by atoms with van der Waals surface area (Å²) in [5.41, 5.74) is 22.4. The third-order valence-electron chi connectivity index (χ3n) is 15.1. The Kier molecular flexibility index (Phi) is 5.75. The van der Waals surface area contributed by atoms with Gasteiger partial charge in [-0.05, 0) is 113 Å². The molecule has 61 heavy (non-hydrogen) atoms.